The summed E-state index contributed by atoms with van der Waals surface area (Å²) in [6.45, 7) is 3.33. The number of carbonyl (C=O) groups excluding carboxylic acids is 1. The summed E-state index contributed by atoms with van der Waals surface area (Å²) < 4.78 is 23.7. The van der Waals surface area contributed by atoms with Gasteiger partial charge in [0.05, 0.1) is 14.2 Å². The van der Waals surface area contributed by atoms with Gasteiger partial charge in [-0.15, -0.1) is 0 Å². The third-order valence-electron chi connectivity index (χ3n) is 4.70. The Morgan fingerprint density at radius 3 is 2.37 bits per heavy atom. The van der Waals surface area contributed by atoms with Crippen molar-refractivity contribution >= 4 is 17.5 Å². The van der Waals surface area contributed by atoms with Crippen molar-refractivity contribution < 1.29 is 18.7 Å². The van der Waals surface area contributed by atoms with Gasteiger partial charge in [-0.25, -0.2) is 4.39 Å². The first-order valence-electron chi connectivity index (χ1n) is 8.69. The topological polar surface area (TPSA) is 42.0 Å². The normalized spacial score (nSPS) is 14.9. The Balaban J connectivity index is 1.61. The number of hydrogen-bond acceptors (Lipinski definition) is 4. The summed E-state index contributed by atoms with van der Waals surface area (Å²) in [7, 11) is 3.11. The van der Waals surface area contributed by atoms with Gasteiger partial charge >= 0.3 is 0 Å². The summed E-state index contributed by atoms with van der Waals surface area (Å²) in [6, 6.07) is 9.63. The van der Waals surface area contributed by atoms with E-state index < -0.39 is 0 Å². The number of methoxy groups -OCH3 is 2. The van der Waals surface area contributed by atoms with Gasteiger partial charge in [0, 0.05) is 43.3 Å². The van der Waals surface area contributed by atoms with Crippen molar-refractivity contribution in [2.45, 2.75) is 6.54 Å². The van der Waals surface area contributed by atoms with E-state index in [1.54, 1.807) is 38.5 Å². The van der Waals surface area contributed by atoms with Gasteiger partial charge in [-0.05, 0) is 35.9 Å². The van der Waals surface area contributed by atoms with Crippen LogP contribution in [0.1, 0.15) is 15.9 Å². The monoisotopic (exact) mass is 392 g/mol. The van der Waals surface area contributed by atoms with Gasteiger partial charge < -0.3 is 14.4 Å². The van der Waals surface area contributed by atoms with Gasteiger partial charge in [0.25, 0.3) is 5.91 Å². The third kappa shape index (κ3) is 4.51. The van der Waals surface area contributed by atoms with Crippen LogP contribution in [0.5, 0.6) is 11.5 Å². The van der Waals surface area contributed by atoms with Gasteiger partial charge in [0.2, 0.25) is 0 Å². The molecule has 2 aromatic carbocycles. The number of benzene rings is 2. The van der Waals surface area contributed by atoms with Crippen LogP contribution < -0.4 is 9.47 Å². The highest BCUT2D eigenvalue weighted by atomic mass is 35.5. The van der Waals surface area contributed by atoms with E-state index in [4.69, 9.17) is 21.1 Å². The number of hydrogen-bond donors (Lipinski definition) is 0. The lowest BCUT2D eigenvalue weighted by molar-refractivity contribution is 0.0628. The minimum absolute atomic E-state index is 0.0320. The van der Waals surface area contributed by atoms with Crippen LogP contribution in [-0.4, -0.2) is 56.1 Å². The van der Waals surface area contributed by atoms with Crippen LogP contribution in [0.25, 0.3) is 0 Å². The fourth-order valence-corrected chi connectivity index (χ4v) is 3.38. The molecule has 2 aromatic rings. The zero-order valence-corrected chi connectivity index (χ0v) is 16.1. The molecule has 0 atom stereocenters. The van der Waals surface area contributed by atoms with E-state index in [9.17, 15) is 9.18 Å². The van der Waals surface area contributed by atoms with Crippen molar-refractivity contribution in [3.05, 3.63) is 58.4 Å². The molecule has 0 N–H and O–H groups in total. The first-order valence-corrected chi connectivity index (χ1v) is 9.07. The van der Waals surface area contributed by atoms with Crippen LogP contribution in [0.2, 0.25) is 5.02 Å². The van der Waals surface area contributed by atoms with Gasteiger partial charge in [-0.2, -0.15) is 0 Å². The average molecular weight is 393 g/mol. The molecule has 3 rings (SSSR count). The van der Waals surface area contributed by atoms with E-state index in [1.807, 2.05) is 4.90 Å². The van der Waals surface area contributed by atoms with Crippen LogP contribution in [-0.2, 0) is 6.54 Å². The fourth-order valence-electron chi connectivity index (χ4n) is 3.15. The van der Waals surface area contributed by atoms with Crippen LogP contribution in [0.3, 0.4) is 0 Å². The second-order valence-electron chi connectivity index (χ2n) is 6.37. The lowest BCUT2D eigenvalue weighted by Gasteiger charge is -2.35. The van der Waals surface area contributed by atoms with Crippen LogP contribution in [0.4, 0.5) is 4.39 Å². The number of rotatable bonds is 5. The first kappa shape index (κ1) is 19.5. The highest BCUT2D eigenvalue weighted by Crippen LogP contribution is 2.28. The maximum absolute atomic E-state index is 13.2. The van der Waals surface area contributed by atoms with Crippen molar-refractivity contribution in [3.63, 3.8) is 0 Å². The molecule has 0 saturated carbocycles. The number of ether oxygens (including phenoxy) is 2. The van der Waals surface area contributed by atoms with Gasteiger partial charge in [0.1, 0.15) is 5.82 Å². The molecule has 144 valence electrons. The average Bonchev–Trinajstić information content (AvgIpc) is 2.69. The Kier molecular flexibility index (Phi) is 6.19. The molecule has 1 fully saturated rings. The molecule has 1 heterocycles. The van der Waals surface area contributed by atoms with Gasteiger partial charge in [-0.1, -0.05) is 17.7 Å². The van der Waals surface area contributed by atoms with Crippen LogP contribution >= 0.6 is 11.6 Å². The van der Waals surface area contributed by atoms with Crippen LogP contribution in [0, 0.1) is 5.82 Å². The molecule has 7 heteroatoms. The molecular formula is C20H22ClFN2O3. The molecule has 27 heavy (non-hydrogen) atoms. The van der Waals surface area contributed by atoms with E-state index in [0.717, 1.165) is 18.7 Å². The van der Waals surface area contributed by atoms with Crippen molar-refractivity contribution in [3.8, 4) is 11.5 Å². The lowest BCUT2D eigenvalue weighted by Crippen LogP contribution is -2.48. The van der Waals surface area contributed by atoms with Crippen molar-refractivity contribution in [1.82, 2.24) is 9.80 Å². The molecule has 1 saturated heterocycles. The molecule has 0 spiro atoms. The Hall–Kier alpha value is -2.31. The highest BCUT2D eigenvalue weighted by Gasteiger charge is 2.23. The fraction of sp³-hybridized carbons (Fsp3) is 0.350. The summed E-state index contributed by atoms with van der Waals surface area (Å²) in [6.07, 6.45) is 0. The Morgan fingerprint density at radius 2 is 1.74 bits per heavy atom. The van der Waals surface area contributed by atoms with Crippen LogP contribution in [0.15, 0.2) is 36.4 Å². The summed E-state index contributed by atoms with van der Waals surface area (Å²) >= 11 is 6.11. The van der Waals surface area contributed by atoms with Gasteiger partial charge in [0.15, 0.2) is 11.5 Å². The van der Waals surface area contributed by atoms with E-state index >= 15 is 0 Å². The minimum atomic E-state index is -0.339. The molecular weight excluding hydrogens is 371 g/mol. The zero-order chi connectivity index (χ0) is 19.4. The quantitative estimate of drug-likeness (QED) is 0.781. The Labute approximate surface area is 163 Å². The largest absolute Gasteiger partial charge is 0.493 e. The van der Waals surface area contributed by atoms with Crippen molar-refractivity contribution in [1.29, 1.82) is 0 Å². The SMILES string of the molecule is COc1ccc(C(=O)N2CCN(Cc3ccc(F)cc3Cl)CC2)cc1OC. The smallest absolute Gasteiger partial charge is 0.254 e. The van der Waals surface area contributed by atoms with E-state index in [1.165, 1.54) is 12.1 Å². The number of piperazine rings is 1. The lowest BCUT2D eigenvalue weighted by atomic mass is 10.1. The van der Waals surface area contributed by atoms with E-state index in [-0.39, 0.29) is 11.7 Å². The molecule has 1 aliphatic rings. The molecule has 5 nitrogen and oxygen atoms in total. The Morgan fingerprint density at radius 1 is 1.04 bits per heavy atom. The second kappa shape index (κ2) is 8.59. The summed E-state index contributed by atoms with van der Waals surface area (Å²) in [5, 5.41) is 0.429. The first-order chi connectivity index (χ1) is 13.0. The highest BCUT2D eigenvalue weighted by molar-refractivity contribution is 6.31. The standard InChI is InChI=1S/C20H22ClFN2O3/c1-26-18-6-4-14(11-19(18)27-2)20(25)24-9-7-23(8-10-24)13-15-3-5-16(22)12-17(15)21/h3-6,11-12H,7-10,13H2,1-2H3. The summed E-state index contributed by atoms with van der Waals surface area (Å²) in [4.78, 5) is 16.8. The maximum atomic E-state index is 13.2. The third-order valence-corrected chi connectivity index (χ3v) is 5.05. The van der Waals surface area contributed by atoms with Gasteiger partial charge in [-0.3, -0.25) is 9.69 Å². The molecule has 0 unspecified atom stereocenters. The predicted octanol–water partition coefficient (Wildman–Crippen LogP) is 3.45. The predicted molar refractivity (Wildman–Crippen MR) is 102 cm³/mol. The summed E-state index contributed by atoms with van der Waals surface area (Å²) in [5.74, 6) is 0.757. The Bertz CT molecular complexity index is 823. The van der Waals surface area contributed by atoms with Crippen molar-refractivity contribution in [2.24, 2.45) is 0 Å². The van der Waals surface area contributed by atoms with E-state index in [2.05, 4.69) is 4.90 Å². The molecule has 1 amide bonds. The number of amides is 1. The minimum Gasteiger partial charge on any atom is -0.493 e. The molecule has 0 aromatic heterocycles. The molecule has 1 aliphatic heterocycles. The zero-order valence-electron chi connectivity index (χ0n) is 15.4. The maximum Gasteiger partial charge on any atom is 0.254 e. The van der Waals surface area contributed by atoms with Crippen molar-refractivity contribution in [2.75, 3.05) is 40.4 Å². The summed E-state index contributed by atoms with van der Waals surface area (Å²) in [5.41, 5.74) is 1.46. The van der Waals surface area contributed by atoms with E-state index in [0.29, 0.717) is 41.7 Å². The second-order valence-corrected chi connectivity index (χ2v) is 6.78. The molecule has 0 radical (unpaired) electrons. The molecule has 0 bridgehead atoms. The number of carbonyl (C=O) groups is 1. The molecule has 0 aliphatic carbocycles. The number of nitrogens with zero attached hydrogens (tertiary/aromatic N) is 2. The number of halogens is 2.